The van der Waals surface area contributed by atoms with Gasteiger partial charge in [-0.1, -0.05) is 124 Å². The fraction of sp³-hybridized carbons (Fsp3) is 0.964. The summed E-state index contributed by atoms with van der Waals surface area (Å²) in [4.78, 5) is 12.5. The first-order valence-corrected chi connectivity index (χ1v) is 14.0. The van der Waals surface area contributed by atoms with Crippen LogP contribution in [-0.2, 0) is 4.79 Å². The average molecular weight is 459 g/mol. The Kier molecular flexibility index (Phi) is 39.3. The highest BCUT2D eigenvalue weighted by atomic mass is 16.4. The van der Waals surface area contributed by atoms with Crippen LogP contribution in [0.2, 0.25) is 0 Å². The first-order valence-electron chi connectivity index (χ1n) is 14.0. The minimum absolute atomic E-state index is 0.345. The van der Waals surface area contributed by atoms with E-state index in [1.54, 1.807) is 0 Å². The summed E-state index contributed by atoms with van der Waals surface area (Å²) in [5.41, 5.74) is 5.21. The number of hydrogen-bond donors (Lipinski definition) is 2. The van der Waals surface area contributed by atoms with E-state index in [2.05, 4.69) is 39.8 Å². The second-order valence-corrected chi connectivity index (χ2v) is 9.39. The van der Waals surface area contributed by atoms with Crippen molar-refractivity contribution in [1.82, 2.24) is 4.90 Å². The molecule has 3 N–H and O–H groups in total. The third-order valence-corrected chi connectivity index (χ3v) is 5.47. The Morgan fingerprint density at radius 1 is 0.594 bits per heavy atom. The van der Waals surface area contributed by atoms with Gasteiger partial charge in [-0.2, -0.15) is 0 Å². The van der Waals surface area contributed by atoms with Crippen molar-refractivity contribution in [1.29, 1.82) is 0 Å². The van der Waals surface area contributed by atoms with Crippen molar-refractivity contribution in [3.63, 3.8) is 0 Å². The van der Waals surface area contributed by atoms with E-state index < -0.39 is 5.97 Å². The molecule has 0 bridgehead atoms. The molecular formula is C28H62N2O2. The summed E-state index contributed by atoms with van der Waals surface area (Å²) in [7, 11) is 4.17. The van der Waals surface area contributed by atoms with Gasteiger partial charge in [0.25, 0.3) is 0 Å². The molecule has 0 saturated heterocycles. The second kappa shape index (κ2) is 35.0. The van der Waals surface area contributed by atoms with Crippen molar-refractivity contribution < 1.29 is 9.90 Å². The quantitative estimate of drug-likeness (QED) is 0.169. The van der Waals surface area contributed by atoms with Crippen LogP contribution in [0.3, 0.4) is 0 Å². The predicted octanol–water partition coefficient (Wildman–Crippen LogP) is 8.43. The zero-order valence-electron chi connectivity index (χ0n) is 22.9. The molecule has 4 heteroatoms. The summed E-state index contributed by atoms with van der Waals surface area (Å²) in [6, 6.07) is 0. The fourth-order valence-corrected chi connectivity index (χ4v) is 3.49. The van der Waals surface area contributed by atoms with Crippen molar-refractivity contribution in [3.8, 4) is 0 Å². The summed E-state index contributed by atoms with van der Waals surface area (Å²) in [6.07, 6.45) is 25.2. The molecule has 0 heterocycles. The van der Waals surface area contributed by atoms with Gasteiger partial charge in [-0.15, -0.1) is 0 Å². The molecular weight excluding hydrogens is 396 g/mol. The van der Waals surface area contributed by atoms with Crippen molar-refractivity contribution in [2.75, 3.05) is 27.2 Å². The molecule has 196 valence electrons. The maximum atomic E-state index is 10.3. The highest BCUT2D eigenvalue weighted by molar-refractivity contribution is 5.66. The number of aliphatic carboxylic acids is 1. The lowest BCUT2D eigenvalue weighted by Crippen LogP contribution is -2.11. The first-order chi connectivity index (χ1) is 15.5. The number of nitrogens with zero attached hydrogens (tertiary/aromatic N) is 1. The monoisotopic (exact) mass is 458 g/mol. The third-order valence-electron chi connectivity index (χ3n) is 5.47. The van der Waals surface area contributed by atoms with Crippen LogP contribution < -0.4 is 5.73 Å². The molecule has 0 aromatic rings. The lowest BCUT2D eigenvalue weighted by atomic mass is 10.0. The SMILES string of the molecule is CCCCCCCCCCCCCCCCCC(=O)O.CCCCCN.CCCN(C)C. The molecule has 0 atom stereocenters. The topological polar surface area (TPSA) is 66.6 Å². The highest BCUT2D eigenvalue weighted by Crippen LogP contribution is 2.13. The number of carbonyl (C=O) groups is 1. The van der Waals surface area contributed by atoms with Crippen LogP contribution in [0, 0.1) is 0 Å². The summed E-state index contributed by atoms with van der Waals surface area (Å²) < 4.78 is 0. The van der Waals surface area contributed by atoms with E-state index in [4.69, 9.17) is 10.8 Å². The fourth-order valence-electron chi connectivity index (χ4n) is 3.49. The van der Waals surface area contributed by atoms with Gasteiger partial charge in [0, 0.05) is 6.42 Å². The van der Waals surface area contributed by atoms with Gasteiger partial charge in [0.15, 0.2) is 0 Å². The van der Waals surface area contributed by atoms with Crippen molar-refractivity contribution in [2.24, 2.45) is 5.73 Å². The van der Waals surface area contributed by atoms with E-state index >= 15 is 0 Å². The number of unbranched alkanes of at least 4 members (excludes halogenated alkanes) is 16. The van der Waals surface area contributed by atoms with Gasteiger partial charge in [0.05, 0.1) is 0 Å². The number of rotatable bonds is 21. The van der Waals surface area contributed by atoms with Gasteiger partial charge in [-0.3, -0.25) is 4.79 Å². The van der Waals surface area contributed by atoms with E-state index in [1.807, 2.05) is 0 Å². The van der Waals surface area contributed by atoms with Crippen LogP contribution in [0.1, 0.15) is 149 Å². The molecule has 0 fully saturated rings. The number of carboxylic acid groups (broad SMARTS) is 1. The molecule has 0 aliphatic heterocycles. The molecule has 0 unspecified atom stereocenters. The Hall–Kier alpha value is -0.610. The molecule has 0 aliphatic carbocycles. The van der Waals surface area contributed by atoms with Crippen LogP contribution in [0.4, 0.5) is 0 Å². The van der Waals surface area contributed by atoms with Gasteiger partial charge in [0.1, 0.15) is 0 Å². The standard InChI is InChI=1S/C18H36O2.2C5H13N/c1-2-3-4-5-6-7-8-9-10-11-12-13-14-15-16-17-18(19)20;1-4-5-6(2)3;1-2-3-4-5-6/h2-17H2,1H3,(H,19,20);4-5H2,1-3H3;2-6H2,1H3. The summed E-state index contributed by atoms with van der Waals surface area (Å²) in [5, 5.41) is 8.52. The lowest BCUT2D eigenvalue weighted by Gasteiger charge is -2.03. The Morgan fingerprint density at radius 2 is 0.938 bits per heavy atom. The zero-order valence-corrected chi connectivity index (χ0v) is 22.9. The summed E-state index contributed by atoms with van der Waals surface area (Å²) >= 11 is 0. The molecule has 0 spiro atoms. The smallest absolute Gasteiger partial charge is 0.303 e. The van der Waals surface area contributed by atoms with Crippen LogP contribution in [-0.4, -0.2) is 43.2 Å². The van der Waals surface area contributed by atoms with Crippen LogP contribution in [0.15, 0.2) is 0 Å². The summed E-state index contributed by atoms with van der Waals surface area (Å²) in [5.74, 6) is -0.653. The molecule has 0 aliphatic rings. The number of hydrogen-bond acceptors (Lipinski definition) is 3. The third kappa shape index (κ3) is 47.3. The lowest BCUT2D eigenvalue weighted by molar-refractivity contribution is -0.137. The van der Waals surface area contributed by atoms with E-state index in [0.717, 1.165) is 19.4 Å². The van der Waals surface area contributed by atoms with E-state index in [1.165, 1.54) is 116 Å². The molecule has 32 heavy (non-hydrogen) atoms. The van der Waals surface area contributed by atoms with E-state index in [9.17, 15) is 4.79 Å². The van der Waals surface area contributed by atoms with Crippen LogP contribution >= 0.6 is 0 Å². The van der Waals surface area contributed by atoms with Crippen LogP contribution in [0.25, 0.3) is 0 Å². The van der Waals surface area contributed by atoms with E-state index in [-0.39, 0.29) is 0 Å². The minimum Gasteiger partial charge on any atom is -0.481 e. The highest BCUT2D eigenvalue weighted by Gasteiger charge is 1.97. The Morgan fingerprint density at radius 3 is 1.16 bits per heavy atom. The number of nitrogens with two attached hydrogens (primary N) is 1. The maximum absolute atomic E-state index is 10.3. The van der Waals surface area contributed by atoms with Gasteiger partial charge in [0.2, 0.25) is 0 Å². The molecule has 4 nitrogen and oxygen atoms in total. The van der Waals surface area contributed by atoms with Crippen molar-refractivity contribution in [2.45, 2.75) is 149 Å². The van der Waals surface area contributed by atoms with Crippen molar-refractivity contribution >= 4 is 5.97 Å². The molecule has 0 amide bonds. The van der Waals surface area contributed by atoms with Gasteiger partial charge in [-0.25, -0.2) is 0 Å². The van der Waals surface area contributed by atoms with Gasteiger partial charge >= 0.3 is 5.97 Å². The predicted molar refractivity (Wildman–Crippen MR) is 145 cm³/mol. The van der Waals surface area contributed by atoms with Crippen LogP contribution in [0.5, 0.6) is 0 Å². The molecule has 0 rings (SSSR count). The first kappa shape index (κ1) is 36.0. The van der Waals surface area contributed by atoms with E-state index in [0.29, 0.717) is 6.42 Å². The minimum atomic E-state index is -0.653. The Labute approximate surface area is 203 Å². The number of carboxylic acids is 1. The largest absolute Gasteiger partial charge is 0.481 e. The normalized spacial score (nSPS) is 10.3. The van der Waals surface area contributed by atoms with Gasteiger partial charge in [-0.05, 0) is 46.4 Å². The Bertz CT molecular complexity index is 319. The molecule has 0 aromatic heterocycles. The second-order valence-electron chi connectivity index (χ2n) is 9.39. The summed E-state index contributed by atoms with van der Waals surface area (Å²) in [6.45, 7) is 8.69. The van der Waals surface area contributed by atoms with Gasteiger partial charge < -0.3 is 15.7 Å². The molecule has 0 saturated carbocycles. The zero-order chi connectivity index (χ0) is 24.7. The molecule has 0 aromatic carbocycles. The molecule has 0 radical (unpaired) electrons. The maximum Gasteiger partial charge on any atom is 0.303 e. The Balaban J connectivity index is -0.000000571. The van der Waals surface area contributed by atoms with Crippen molar-refractivity contribution in [3.05, 3.63) is 0 Å². The average Bonchev–Trinajstić information content (AvgIpc) is 2.75.